The van der Waals surface area contributed by atoms with Crippen LogP contribution in [0.15, 0.2) is 11.7 Å². The minimum absolute atomic E-state index is 0.157. The van der Waals surface area contributed by atoms with Crippen molar-refractivity contribution in [1.82, 2.24) is 4.90 Å². The largest absolute Gasteiger partial charge is 0.358 e. The van der Waals surface area contributed by atoms with Gasteiger partial charge in [0.25, 0.3) is 6.08 Å². The zero-order chi connectivity index (χ0) is 11.8. The van der Waals surface area contributed by atoms with E-state index in [0.29, 0.717) is 12.2 Å². The van der Waals surface area contributed by atoms with Crippen LogP contribution >= 0.6 is 24.0 Å². The molecule has 0 amide bonds. The molecular formula is C10H17F2NS2. The van der Waals surface area contributed by atoms with Crippen LogP contribution in [-0.2, 0) is 0 Å². The zero-order valence-electron chi connectivity index (χ0n) is 9.35. The molecule has 0 saturated heterocycles. The number of rotatable bonds is 5. The van der Waals surface area contributed by atoms with E-state index >= 15 is 0 Å². The average molecular weight is 253 g/mol. The fourth-order valence-electron chi connectivity index (χ4n) is 0.959. The normalized spacial score (nSPS) is 9.93. The molecular weight excluding hydrogens is 236 g/mol. The van der Waals surface area contributed by atoms with Gasteiger partial charge in [-0.25, -0.2) is 0 Å². The summed E-state index contributed by atoms with van der Waals surface area (Å²) in [5, 5.41) is 0. The molecule has 0 saturated carbocycles. The smallest absolute Gasteiger partial charge is 0.269 e. The van der Waals surface area contributed by atoms with E-state index in [0.717, 1.165) is 17.4 Å². The van der Waals surface area contributed by atoms with Gasteiger partial charge in [-0.1, -0.05) is 24.0 Å². The number of nitrogens with zero attached hydrogens (tertiary/aromatic N) is 1. The maximum atomic E-state index is 12.1. The third-order valence-electron chi connectivity index (χ3n) is 2.05. The lowest BCUT2D eigenvalue weighted by Gasteiger charge is -2.20. The monoisotopic (exact) mass is 253 g/mol. The van der Waals surface area contributed by atoms with E-state index in [-0.39, 0.29) is 5.57 Å². The summed E-state index contributed by atoms with van der Waals surface area (Å²) in [4.78, 5) is 2.05. The van der Waals surface area contributed by atoms with Crippen molar-refractivity contribution in [3.8, 4) is 0 Å². The van der Waals surface area contributed by atoms with Gasteiger partial charge in [-0.15, -0.1) is 0 Å². The number of hydrogen-bond donors (Lipinski definition) is 0. The molecule has 5 heteroatoms. The number of allylic oxidation sites excluding steroid dienone is 1. The predicted octanol–water partition coefficient (Wildman–Crippen LogP) is 3.91. The Hall–Kier alpha value is -0.160. The summed E-state index contributed by atoms with van der Waals surface area (Å²) < 4.78 is 24.9. The molecule has 0 heterocycles. The van der Waals surface area contributed by atoms with E-state index in [1.165, 1.54) is 18.7 Å². The molecule has 0 spiro atoms. The molecule has 0 aliphatic rings. The van der Waals surface area contributed by atoms with Gasteiger partial charge in [-0.3, -0.25) is 0 Å². The quantitative estimate of drug-likeness (QED) is 0.684. The molecule has 88 valence electrons. The molecule has 0 fully saturated rings. The van der Waals surface area contributed by atoms with Crippen LogP contribution in [0, 0.1) is 0 Å². The summed E-state index contributed by atoms with van der Waals surface area (Å²) in [6, 6.07) is 0. The van der Waals surface area contributed by atoms with Crippen LogP contribution in [0.1, 0.15) is 27.2 Å². The Morgan fingerprint density at radius 2 is 1.80 bits per heavy atom. The first-order chi connectivity index (χ1) is 7.02. The maximum absolute atomic E-state index is 12.1. The van der Waals surface area contributed by atoms with E-state index in [1.54, 1.807) is 0 Å². The molecule has 0 aromatic carbocycles. The van der Waals surface area contributed by atoms with Crippen molar-refractivity contribution in [3.05, 3.63) is 11.7 Å². The lowest BCUT2D eigenvalue weighted by Crippen LogP contribution is -2.26. The number of thiocarbonyl (C=S) groups is 1. The fourth-order valence-corrected chi connectivity index (χ4v) is 2.49. The van der Waals surface area contributed by atoms with Gasteiger partial charge in [0.05, 0.1) is 0 Å². The van der Waals surface area contributed by atoms with E-state index in [2.05, 4.69) is 0 Å². The van der Waals surface area contributed by atoms with Crippen molar-refractivity contribution in [3.63, 3.8) is 0 Å². The third-order valence-corrected chi connectivity index (χ3v) is 3.57. The lowest BCUT2D eigenvalue weighted by molar-refractivity contribution is 0.409. The highest BCUT2D eigenvalue weighted by Crippen LogP contribution is 2.16. The highest BCUT2D eigenvalue weighted by atomic mass is 32.2. The molecule has 0 aromatic heterocycles. The summed E-state index contributed by atoms with van der Waals surface area (Å²) in [6.07, 6.45) is -1.17. The fraction of sp³-hybridized carbons (Fsp3) is 0.700. The highest BCUT2D eigenvalue weighted by Gasteiger charge is 2.06. The Kier molecular flexibility index (Phi) is 7.96. The highest BCUT2D eigenvalue weighted by molar-refractivity contribution is 8.22. The van der Waals surface area contributed by atoms with Gasteiger partial charge in [0.2, 0.25) is 0 Å². The van der Waals surface area contributed by atoms with Crippen molar-refractivity contribution < 1.29 is 8.78 Å². The third kappa shape index (κ3) is 6.10. The van der Waals surface area contributed by atoms with Crippen LogP contribution in [-0.4, -0.2) is 28.1 Å². The Bertz CT molecular complexity index is 234. The van der Waals surface area contributed by atoms with E-state index < -0.39 is 6.08 Å². The topological polar surface area (TPSA) is 3.24 Å². The van der Waals surface area contributed by atoms with Crippen molar-refractivity contribution in [1.29, 1.82) is 0 Å². The Morgan fingerprint density at radius 1 is 1.27 bits per heavy atom. The first kappa shape index (κ1) is 14.8. The zero-order valence-corrected chi connectivity index (χ0v) is 11.0. The van der Waals surface area contributed by atoms with Crippen molar-refractivity contribution >= 4 is 28.3 Å². The van der Waals surface area contributed by atoms with Crippen LogP contribution in [0.4, 0.5) is 8.78 Å². The lowest BCUT2D eigenvalue weighted by atomic mass is 10.3. The molecule has 0 aromatic rings. The van der Waals surface area contributed by atoms with Crippen molar-refractivity contribution in [2.45, 2.75) is 27.2 Å². The Morgan fingerprint density at radius 3 is 2.20 bits per heavy atom. The van der Waals surface area contributed by atoms with Gasteiger partial charge < -0.3 is 4.90 Å². The van der Waals surface area contributed by atoms with Crippen LogP contribution in [0.25, 0.3) is 0 Å². The first-order valence-electron chi connectivity index (χ1n) is 4.95. The SMILES string of the molecule is CCN(CC)C(=S)SCCC(C)=C(F)F. The van der Waals surface area contributed by atoms with Crippen LogP contribution in [0.3, 0.4) is 0 Å². The predicted molar refractivity (Wildman–Crippen MR) is 67.5 cm³/mol. The second-order valence-corrected chi connectivity index (χ2v) is 4.81. The van der Waals surface area contributed by atoms with Crippen molar-refractivity contribution in [2.24, 2.45) is 0 Å². The second kappa shape index (κ2) is 8.05. The number of halogens is 2. The molecule has 0 rings (SSSR count). The van der Waals surface area contributed by atoms with Crippen molar-refractivity contribution in [2.75, 3.05) is 18.8 Å². The van der Waals surface area contributed by atoms with Crippen LogP contribution in [0.2, 0.25) is 0 Å². The molecule has 0 aliphatic heterocycles. The second-order valence-electron chi connectivity index (χ2n) is 3.08. The molecule has 1 nitrogen and oxygen atoms in total. The summed E-state index contributed by atoms with van der Waals surface area (Å²) in [7, 11) is 0. The Labute approximate surface area is 99.9 Å². The van der Waals surface area contributed by atoms with E-state index in [1.807, 2.05) is 18.7 Å². The molecule has 0 bridgehead atoms. The van der Waals surface area contributed by atoms with Gasteiger partial charge in [0.15, 0.2) is 0 Å². The standard InChI is InChI=1S/C10H17F2NS2/c1-4-13(5-2)10(14)15-7-6-8(3)9(11)12/h4-7H2,1-3H3. The summed E-state index contributed by atoms with van der Waals surface area (Å²) in [5.74, 6) is 0.624. The summed E-state index contributed by atoms with van der Waals surface area (Å²) >= 11 is 6.65. The van der Waals surface area contributed by atoms with Gasteiger partial charge in [0, 0.05) is 18.8 Å². The number of thioether (sulfide) groups is 1. The maximum Gasteiger partial charge on any atom is 0.269 e. The molecule has 0 unspecified atom stereocenters. The summed E-state index contributed by atoms with van der Waals surface area (Å²) in [5.41, 5.74) is 0.157. The Balaban J connectivity index is 3.87. The van der Waals surface area contributed by atoms with Gasteiger partial charge in [0.1, 0.15) is 4.32 Å². The van der Waals surface area contributed by atoms with Crippen LogP contribution < -0.4 is 0 Å². The van der Waals surface area contributed by atoms with E-state index in [4.69, 9.17) is 12.2 Å². The summed E-state index contributed by atoms with van der Waals surface area (Å²) in [6.45, 7) is 7.26. The molecule has 0 radical (unpaired) electrons. The van der Waals surface area contributed by atoms with E-state index in [9.17, 15) is 8.78 Å². The molecule has 0 aliphatic carbocycles. The van der Waals surface area contributed by atoms with Gasteiger partial charge in [-0.2, -0.15) is 8.78 Å². The van der Waals surface area contributed by atoms with Gasteiger partial charge in [-0.05, 0) is 32.8 Å². The van der Waals surface area contributed by atoms with Crippen LogP contribution in [0.5, 0.6) is 0 Å². The average Bonchev–Trinajstić information content (AvgIpc) is 2.19. The molecule has 15 heavy (non-hydrogen) atoms. The molecule has 0 N–H and O–H groups in total. The van der Waals surface area contributed by atoms with Gasteiger partial charge >= 0.3 is 0 Å². The minimum Gasteiger partial charge on any atom is -0.358 e. The molecule has 0 atom stereocenters. The minimum atomic E-state index is -1.57. The number of hydrogen-bond acceptors (Lipinski definition) is 2. The first-order valence-corrected chi connectivity index (χ1v) is 6.34.